The van der Waals surface area contributed by atoms with Crippen LogP contribution in [0.3, 0.4) is 0 Å². The summed E-state index contributed by atoms with van der Waals surface area (Å²) in [5.41, 5.74) is 0.861. The lowest BCUT2D eigenvalue weighted by molar-refractivity contribution is 0.271. The Morgan fingerprint density at radius 3 is 2.26 bits per heavy atom. The molecule has 1 heterocycles. The van der Waals surface area contributed by atoms with Crippen LogP contribution < -0.4 is 4.90 Å². The summed E-state index contributed by atoms with van der Waals surface area (Å²) < 4.78 is 24.3. The van der Waals surface area contributed by atoms with Gasteiger partial charge in [-0.25, -0.2) is 8.42 Å². The molecule has 1 saturated heterocycles. The average Bonchev–Trinajstić information content (AvgIpc) is 2.47. The number of para-hydroxylation sites is 1. The van der Waals surface area contributed by atoms with Crippen molar-refractivity contribution < 1.29 is 8.42 Å². The Bertz CT molecular complexity index is 520. The lowest BCUT2D eigenvalue weighted by Crippen LogP contribution is -2.46. The molecule has 0 aliphatic carbocycles. The Kier molecular flexibility index (Phi) is 4.47. The number of piperazine rings is 1. The van der Waals surface area contributed by atoms with E-state index in [-0.39, 0.29) is 5.75 Å². The van der Waals surface area contributed by atoms with E-state index in [1.807, 2.05) is 12.1 Å². The quantitative estimate of drug-likeness (QED) is 0.841. The first-order valence-electron chi connectivity index (χ1n) is 6.87. The lowest BCUT2D eigenvalue weighted by atomic mass is 10.2. The van der Waals surface area contributed by atoms with Crippen molar-refractivity contribution in [1.29, 1.82) is 0 Å². The first-order valence-corrected chi connectivity index (χ1v) is 8.52. The average molecular weight is 282 g/mol. The normalized spacial score (nSPS) is 17.7. The van der Waals surface area contributed by atoms with E-state index in [0.29, 0.717) is 4.90 Å². The molecule has 1 aromatic carbocycles. The molecule has 0 saturated carbocycles. The number of hydrogen-bond donors (Lipinski definition) is 0. The number of sulfone groups is 1. The van der Waals surface area contributed by atoms with Crippen LogP contribution in [0, 0.1) is 0 Å². The summed E-state index contributed by atoms with van der Waals surface area (Å²) in [5, 5.41) is 0. The number of anilines is 1. The number of nitrogens with zero attached hydrogens (tertiary/aromatic N) is 2. The van der Waals surface area contributed by atoms with Gasteiger partial charge >= 0.3 is 0 Å². The van der Waals surface area contributed by atoms with Crippen LogP contribution in [-0.2, 0) is 9.84 Å². The number of likely N-dealkylation sites (N-methyl/N-ethyl adjacent to an activating group) is 1. The van der Waals surface area contributed by atoms with Crippen molar-refractivity contribution >= 4 is 15.5 Å². The maximum Gasteiger partial charge on any atom is 0.180 e. The number of benzene rings is 1. The summed E-state index contributed by atoms with van der Waals surface area (Å²) in [6.07, 6.45) is 0. The second-order valence-electron chi connectivity index (χ2n) is 4.79. The smallest absolute Gasteiger partial charge is 0.180 e. The highest BCUT2D eigenvalue weighted by atomic mass is 32.2. The molecule has 0 unspecified atom stereocenters. The van der Waals surface area contributed by atoms with Crippen molar-refractivity contribution in [3.8, 4) is 0 Å². The van der Waals surface area contributed by atoms with Crippen molar-refractivity contribution in [3.63, 3.8) is 0 Å². The van der Waals surface area contributed by atoms with Gasteiger partial charge in [0.1, 0.15) is 0 Å². The molecule has 5 heteroatoms. The summed E-state index contributed by atoms with van der Waals surface area (Å²) >= 11 is 0. The Morgan fingerprint density at radius 1 is 1.05 bits per heavy atom. The third-order valence-corrected chi connectivity index (χ3v) is 5.52. The molecule has 0 bridgehead atoms. The van der Waals surface area contributed by atoms with Gasteiger partial charge in [0.05, 0.1) is 16.3 Å². The van der Waals surface area contributed by atoms with Crippen LogP contribution in [0.4, 0.5) is 5.69 Å². The molecule has 1 aromatic rings. The van der Waals surface area contributed by atoms with E-state index in [2.05, 4.69) is 16.7 Å². The van der Waals surface area contributed by atoms with Gasteiger partial charge in [0.25, 0.3) is 0 Å². The molecule has 4 nitrogen and oxygen atoms in total. The fraction of sp³-hybridized carbons (Fsp3) is 0.571. The minimum absolute atomic E-state index is 0.152. The van der Waals surface area contributed by atoms with Crippen molar-refractivity contribution in [2.75, 3.05) is 43.4 Å². The van der Waals surface area contributed by atoms with Crippen LogP contribution in [0.1, 0.15) is 13.8 Å². The van der Waals surface area contributed by atoms with Gasteiger partial charge in [-0.15, -0.1) is 0 Å². The first kappa shape index (κ1) is 14.3. The minimum Gasteiger partial charge on any atom is -0.368 e. The molecule has 1 aliphatic heterocycles. The lowest BCUT2D eigenvalue weighted by Gasteiger charge is -2.36. The molecule has 1 fully saturated rings. The maximum absolute atomic E-state index is 12.1. The largest absolute Gasteiger partial charge is 0.368 e. The highest BCUT2D eigenvalue weighted by Gasteiger charge is 2.22. The van der Waals surface area contributed by atoms with E-state index >= 15 is 0 Å². The standard InChI is InChI=1S/C14H22N2O2S/c1-3-15-9-11-16(12-10-15)13-7-5-6-8-14(13)19(17,18)4-2/h5-8H,3-4,9-12H2,1-2H3. The number of hydrogen-bond acceptors (Lipinski definition) is 4. The first-order chi connectivity index (χ1) is 9.08. The second kappa shape index (κ2) is 5.92. The van der Waals surface area contributed by atoms with Crippen LogP contribution >= 0.6 is 0 Å². The molecule has 0 amide bonds. The van der Waals surface area contributed by atoms with E-state index in [1.165, 1.54) is 0 Å². The van der Waals surface area contributed by atoms with Crippen LogP contribution in [0.25, 0.3) is 0 Å². The molecular weight excluding hydrogens is 260 g/mol. The molecule has 106 valence electrons. The van der Waals surface area contributed by atoms with Gasteiger partial charge in [-0.1, -0.05) is 26.0 Å². The fourth-order valence-electron chi connectivity index (χ4n) is 2.44. The SMILES string of the molecule is CCN1CCN(c2ccccc2S(=O)(=O)CC)CC1. The molecule has 0 radical (unpaired) electrons. The van der Waals surface area contributed by atoms with Gasteiger partial charge in [0, 0.05) is 26.2 Å². The van der Waals surface area contributed by atoms with Crippen LogP contribution in [0.5, 0.6) is 0 Å². The third-order valence-electron chi connectivity index (χ3n) is 3.74. The van der Waals surface area contributed by atoms with Gasteiger partial charge in [0.2, 0.25) is 0 Å². The summed E-state index contributed by atoms with van der Waals surface area (Å²) in [7, 11) is -3.15. The minimum atomic E-state index is -3.15. The van der Waals surface area contributed by atoms with Crippen molar-refractivity contribution in [2.24, 2.45) is 0 Å². The van der Waals surface area contributed by atoms with E-state index in [1.54, 1.807) is 19.1 Å². The summed E-state index contributed by atoms with van der Waals surface area (Å²) in [6.45, 7) is 8.69. The Hall–Kier alpha value is -1.07. The Labute approximate surface area is 115 Å². The second-order valence-corrected chi connectivity index (χ2v) is 7.04. The van der Waals surface area contributed by atoms with E-state index in [4.69, 9.17) is 0 Å². The highest BCUT2D eigenvalue weighted by molar-refractivity contribution is 7.91. The van der Waals surface area contributed by atoms with Gasteiger partial charge in [0.15, 0.2) is 9.84 Å². The fourth-order valence-corrected chi connectivity index (χ4v) is 3.55. The van der Waals surface area contributed by atoms with Gasteiger partial charge < -0.3 is 9.80 Å². The molecule has 0 aromatic heterocycles. The van der Waals surface area contributed by atoms with E-state index < -0.39 is 9.84 Å². The highest BCUT2D eigenvalue weighted by Crippen LogP contribution is 2.26. The molecule has 0 atom stereocenters. The van der Waals surface area contributed by atoms with Crippen LogP contribution in [0.2, 0.25) is 0 Å². The topological polar surface area (TPSA) is 40.6 Å². The predicted molar refractivity (Wildman–Crippen MR) is 78.5 cm³/mol. The summed E-state index contributed by atoms with van der Waals surface area (Å²) in [4.78, 5) is 5.05. The summed E-state index contributed by atoms with van der Waals surface area (Å²) in [6, 6.07) is 7.36. The van der Waals surface area contributed by atoms with E-state index in [9.17, 15) is 8.42 Å². The molecule has 0 N–H and O–H groups in total. The van der Waals surface area contributed by atoms with Gasteiger partial charge in [-0.2, -0.15) is 0 Å². The van der Waals surface area contributed by atoms with Crippen molar-refractivity contribution in [2.45, 2.75) is 18.7 Å². The molecular formula is C14H22N2O2S. The number of rotatable bonds is 4. The zero-order valence-corrected chi connectivity index (χ0v) is 12.5. The summed E-state index contributed by atoms with van der Waals surface area (Å²) in [5.74, 6) is 0.152. The molecule has 19 heavy (non-hydrogen) atoms. The molecule has 1 aliphatic rings. The zero-order chi connectivity index (χ0) is 13.9. The van der Waals surface area contributed by atoms with Gasteiger partial charge in [-0.05, 0) is 18.7 Å². The molecule has 0 spiro atoms. The monoisotopic (exact) mass is 282 g/mol. The van der Waals surface area contributed by atoms with Crippen LogP contribution in [-0.4, -0.2) is 51.8 Å². The Morgan fingerprint density at radius 2 is 1.68 bits per heavy atom. The molecule has 2 rings (SSSR count). The zero-order valence-electron chi connectivity index (χ0n) is 11.7. The van der Waals surface area contributed by atoms with E-state index in [0.717, 1.165) is 38.4 Å². The van der Waals surface area contributed by atoms with Crippen LogP contribution in [0.15, 0.2) is 29.2 Å². The maximum atomic E-state index is 12.1. The third kappa shape index (κ3) is 3.09. The van der Waals surface area contributed by atoms with Crippen molar-refractivity contribution in [3.05, 3.63) is 24.3 Å². The predicted octanol–water partition coefficient (Wildman–Crippen LogP) is 1.62. The van der Waals surface area contributed by atoms with Gasteiger partial charge in [-0.3, -0.25) is 0 Å². The van der Waals surface area contributed by atoms with Crippen molar-refractivity contribution in [1.82, 2.24) is 4.90 Å². The Balaban J connectivity index is 2.27.